The van der Waals surface area contributed by atoms with Crippen molar-refractivity contribution in [3.05, 3.63) is 0 Å². The average molecular weight is 203 g/mol. The van der Waals surface area contributed by atoms with Crippen molar-refractivity contribution in [2.45, 2.75) is 20.0 Å². The molecule has 0 radical (unpaired) electrons. The molecule has 6 nitrogen and oxygen atoms in total. The van der Waals surface area contributed by atoms with Crippen LogP contribution in [0.3, 0.4) is 0 Å². The number of rotatable bonds is 5. The number of nitrogens with zero attached hydrogens (tertiary/aromatic N) is 2. The normalized spacial score (nSPS) is 13.8. The number of oxime groups is 1. The van der Waals surface area contributed by atoms with Crippen LogP contribution in [0.4, 0.5) is 0 Å². The molecule has 0 aromatic heterocycles. The number of ether oxygens (including phenoxy) is 1. The number of carbonyl (C=O) groups is 1. The maximum atomic E-state index is 11.6. The Labute approximate surface area is 83.3 Å². The maximum Gasteiger partial charge on any atom is 0.251 e. The minimum Gasteiger partial charge on any atom is -0.409 e. The molecule has 0 aliphatic rings. The van der Waals surface area contributed by atoms with Gasteiger partial charge in [0.2, 0.25) is 0 Å². The van der Waals surface area contributed by atoms with E-state index >= 15 is 0 Å². The lowest BCUT2D eigenvalue weighted by Gasteiger charge is -2.22. The highest BCUT2D eigenvalue weighted by Crippen LogP contribution is 1.97. The SMILES string of the molecule is CCN(CC(N)=NO)C(=O)C(C)OC. The van der Waals surface area contributed by atoms with Crippen molar-refractivity contribution < 1.29 is 14.7 Å². The Hall–Kier alpha value is -1.30. The molecule has 0 spiro atoms. The predicted octanol–water partition coefficient (Wildman–Crippen LogP) is -0.384. The van der Waals surface area contributed by atoms with Crippen LogP contribution in [0.5, 0.6) is 0 Å². The predicted molar refractivity (Wildman–Crippen MR) is 52.1 cm³/mol. The first kappa shape index (κ1) is 12.7. The average Bonchev–Trinajstić information content (AvgIpc) is 2.23. The van der Waals surface area contributed by atoms with Gasteiger partial charge in [-0.05, 0) is 13.8 Å². The quantitative estimate of drug-likeness (QED) is 0.276. The molecule has 82 valence electrons. The summed E-state index contributed by atoms with van der Waals surface area (Å²) in [4.78, 5) is 13.0. The van der Waals surface area contributed by atoms with Crippen LogP contribution in [-0.4, -0.2) is 48.2 Å². The molecule has 0 saturated carbocycles. The number of hydrogen-bond acceptors (Lipinski definition) is 4. The summed E-state index contributed by atoms with van der Waals surface area (Å²) in [5.74, 6) is -0.176. The first-order valence-electron chi connectivity index (χ1n) is 4.34. The third-order valence-corrected chi connectivity index (χ3v) is 1.88. The van der Waals surface area contributed by atoms with E-state index < -0.39 is 6.10 Å². The van der Waals surface area contributed by atoms with Crippen LogP contribution in [0.2, 0.25) is 0 Å². The van der Waals surface area contributed by atoms with E-state index in [2.05, 4.69) is 5.16 Å². The molecule has 0 bridgehead atoms. The molecule has 0 fully saturated rings. The van der Waals surface area contributed by atoms with Gasteiger partial charge in [0.05, 0.1) is 6.54 Å². The van der Waals surface area contributed by atoms with E-state index in [1.807, 2.05) is 6.92 Å². The maximum absolute atomic E-state index is 11.6. The van der Waals surface area contributed by atoms with Crippen molar-refractivity contribution in [3.63, 3.8) is 0 Å². The number of likely N-dealkylation sites (N-methyl/N-ethyl adjacent to an activating group) is 1. The van der Waals surface area contributed by atoms with E-state index in [1.165, 1.54) is 12.0 Å². The zero-order valence-corrected chi connectivity index (χ0v) is 8.73. The van der Waals surface area contributed by atoms with Gasteiger partial charge in [0.25, 0.3) is 5.91 Å². The van der Waals surface area contributed by atoms with Crippen molar-refractivity contribution in [2.24, 2.45) is 10.9 Å². The molecule has 1 amide bonds. The molecule has 3 N–H and O–H groups in total. The van der Waals surface area contributed by atoms with Gasteiger partial charge >= 0.3 is 0 Å². The van der Waals surface area contributed by atoms with Crippen molar-refractivity contribution in [3.8, 4) is 0 Å². The van der Waals surface area contributed by atoms with Crippen LogP contribution in [-0.2, 0) is 9.53 Å². The fourth-order valence-corrected chi connectivity index (χ4v) is 0.931. The van der Waals surface area contributed by atoms with E-state index in [0.29, 0.717) is 6.54 Å². The summed E-state index contributed by atoms with van der Waals surface area (Å²) in [6.45, 7) is 4.06. The summed E-state index contributed by atoms with van der Waals surface area (Å²) in [5, 5.41) is 11.2. The summed E-state index contributed by atoms with van der Waals surface area (Å²) in [6, 6.07) is 0. The molecule has 14 heavy (non-hydrogen) atoms. The molecule has 1 atom stereocenters. The third-order valence-electron chi connectivity index (χ3n) is 1.88. The lowest BCUT2D eigenvalue weighted by molar-refractivity contribution is -0.139. The Balaban J connectivity index is 4.33. The molecular weight excluding hydrogens is 186 g/mol. The molecule has 1 unspecified atom stereocenters. The second-order valence-electron chi connectivity index (χ2n) is 2.82. The molecular formula is C8H17N3O3. The highest BCUT2D eigenvalue weighted by atomic mass is 16.5. The number of methoxy groups -OCH3 is 1. The van der Waals surface area contributed by atoms with E-state index in [9.17, 15) is 4.79 Å². The summed E-state index contributed by atoms with van der Waals surface area (Å²) in [6.07, 6.45) is -0.513. The number of amidine groups is 1. The van der Waals surface area contributed by atoms with Gasteiger partial charge < -0.3 is 20.6 Å². The minimum atomic E-state index is -0.513. The largest absolute Gasteiger partial charge is 0.409 e. The zero-order chi connectivity index (χ0) is 11.1. The van der Waals surface area contributed by atoms with Crippen molar-refractivity contribution >= 4 is 11.7 Å². The summed E-state index contributed by atoms with van der Waals surface area (Å²) < 4.78 is 4.88. The Kier molecular flexibility index (Phi) is 5.62. The van der Waals surface area contributed by atoms with Crippen LogP contribution in [0.25, 0.3) is 0 Å². The van der Waals surface area contributed by atoms with Gasteiger partial charge in [0, 0.05) is 13.7 Å². The third kappa shape index (κ3) is 3.61. The first-order chi connectivity index (χ1) is 6.56. The fourth-order valence-electron chi connectivity index (χ4n) is 0.931. The van der Waals surface area contributed by atoms with Crippen LogP contribution in [0, 0.1) is 0 Å². The zero-order valence-electron chi connectivity index (χ0n) is 8.73. The molecule has 0 saturated heterocycles. The van der Waals surface area contributed by atoms with Crippen molar-refractivity contribution in [2.75, 3.05) is 20.2 Å². The van der Waals surface area contributed by atoms with E-state index in [4.69, 9.17) is 15.7 Å². The van der Waals surface area contributed by atoms with Gasteiger partial charge in [-0.25, -0.2) is 0 Å². The van der Waals surface area contributed by atoms with Crippen LogP contribution in [0.1, 0.15) is 13.8 Å². The first-order valence-corrected chi connectivity index (χ1v) is 4.34. The second kappa shape index (κ2) is 6.20. The van der Waals surface area contributed by atoms with E-state index in [1.54, 1.807) is 6.92 Å². The highest BCUT2D eigenvalue weighted by Gasteiger charge is 2.19. The summed E-state index contributed by atoms with van der Waals surface area (Å²) >= 11 is 0. The summed E-state index contributed by atoms with van der Waals surface area (Å²) in [7, 11) is 1.46. The van der Waals surface area contributed by atoms with Crippen LogP contribution in [0.15, 0.2) is 5.16 Å². The molecule has 0 heterocycles. The number of amides is 1. The Morgan fingerprint density at radius 2 is 2.29 bits per heavy atom. The van der Waals surface area contributed by atoms with Crippen LogP contribution < -0.4 is 5.73 Å². The lowest BCUT2D eigenvalue weighted by Crippen LogP contribution is -2.43. The smallest absolute Gasteiger partial charge is 0.251 e. The molecule has 0 rings (SSSR count). The molecule has 0 aromatic carbocycles. The molecule has 0 aromatic rings. The van der Waals surface area contributed by atoms with Gasteiger partial charge in [-0.2, -0.15) is 0 Å². The van der Waals surface area contributed by atoms with Gasteiger partial charge in [-0.1, -0.05) is 5.16 Å². The number of carbonyl (C=O) groups excluding carboxylic acids is 1. The fraction of sp³-hybridized carbons (Fsp3) is 0.750. The monoisotopic (exact) mass is 203 g/mol. The Bertz CT molecular complexity index is 218. The van der Waals surface area contributed by atoms with Gasteiger partial charge in [-0.15, -0.1) is 0 Å². The van der Waals surface area contributed by atoms with Crippen LogP contribution >= 0.6 is 0 Å². The highest BCUT2D eigenvalue weighted by molar-refractivity contribution is 5.88. The van der Waals surface area contributed by atoms with Crippen molar-refractivity contribution in [1.82, 2.24) is 4.90 Å². The standard InChI is InChI=1S/C8H17N3O3/c1-4-11(5-7(9)10-13)8(12)6(2)14-3/h6,13H,4-5H2,1-3H3,(H2,9,10). The van der Waals surface area contributed by atoms with Gasteiger partial charge in [0.1, 0.15) is 6.10 Å². The second-order valence-corrected chi connectivity index (χ2v) is 2.82. The van der Waals surface area contributed by atoms with E-state index in [0.717, 1.165) is 0 Å². The van der Waals surface area contributed by atoms with Gasteiger partial charge in [0.15, 0.2) is 5.84 Å². The number of hydrogen-bond donors (Lipinski definition) is 2. The lowest BCUT2D eigenvalue weighted by atomic mass is 10.3. The van der Waals surface area contributed by atoms with Crippen molar-refractivity contribution in [1.29, 1.82) is 0 Å². The number of nitrogens with two attached hydrogens (primary N) is 1. The molecule has 0 aliphatic heterocycles. The molecule has 0 aliphatic carbocycles. The summed E-state index contributed by atoms with van der Waals surface area (Å²) in [5.41, 5.74) is 5.29. The van der Waals surface area contributed by atoms with E-state index in [-0.39, 0.29) is 18.3 Å². The topological polar surface area (TPSA) is 88.1 Å². The molecule has 6 heteroatoms. The van der Waals surface area contributed by atoms with Gasteiger partial charge in [-0.3, -0.25) is 4.79 Å². The minimum absolute atomic E-state index is 0.00324. The Morgan fingerprint density at radius 3 is 2.64 bits per heavy atom. The Morgan fingerprint density at radius 1 is 1.71 bits per heavy atom.